The molecule has 2 aliphatic rings. The number of hydrogen-bond donors (Lipinski definition) is 2. The van der Waals surface area contributed by atoms with Gasteiger partial charge in [-0.05, 0) is 57.5 Å². The number of hydrogen-bond acceptors (Lipinski definition) is 2. The Morgan fingerprint density at radius 3 is 2.62 bits per heavy atom. The largest absolute Gasteiger partial charge is 0.353 e. The van der Waals surface area contributed by atoms with Crippen molar-refractivity contribution in [2.45, 2.75) is 51.0 Å². The first-order valence-electron chi connectivity index (χ1n) is 6.34. The SMILES string of the molecule is Cl.O=C(CC1CCCNCC1)NC1CCC1. The molecule has 1 saturated heterocycles. The van der Waals surface area contributed by atoms with Crippen molar-refractivity contribution in [2.24, 2.45) is 5.92 Å². The number of rotatable bonds is 3. The highest BCUT2D eigenvalue weighted by atomic mass is 35.5. The second kappa shape index (κ2) is 7.13. The minimum atomic E-state index is 0. The molecule has 0 aromatic carbocycles. The van der Waals surface area contributed by atoms with Crippen molar-refractivity contribution in [3.63, 3.8) is 0 Å². The molecule has 1 heterocycles. The average Bonchev–Trinajstić information content (AvgIpc) is 2.40. The van der Waals surface area contributed by atoms with Crippen molar-refractivity contribution in [3.05, 3.63) is 0 Å². The Hall–Kier alpha value is -0.280. The van der Waals surface area contributed by atoms with Gasteiger partial charge in [0.15, 0.2) is 0 Å². The van der Waals surface area contributed by atoms with Crippen molar-refractivity contribution in [1.82, 2.24) is 10.6 Å². The van der Waals surface area contributed by atoms with Gasteiger partial charge in [0.05, 0.1) is 0 Å². The fourth-order valence-electron chi connectivity index (χ4n) is 2.40. The summed E-state index contributed by atoms with van der Waals surface area (Å²) in [6.45, 7) is 2.21. The van der Waals surface area contributed by atoms with E-state index in [0.717, 1.165) is 25.9 Å². The number of halogens is 1. The molecule has 0 aromatic heterocycles. The Bertz CT molecular complexity index is 211. The van der Waals surface area contributed by atoms with Gasteiger partial charge in [0.1, 0.15) is 0 Å². The highest BCUT2D eigenvalue weighted by molar-refractivity contribution is 5.85. The topological polar surface area (TPSA) is 41.1 Å². The second-order valence-electron chi connectivity index (χ2n) is 4.95. The van der Waals surface area contributed by atoms with E-state index in [0.29, 0.717) is 12.0 Å². The molecule has 1 atom stereocenters. The van der Waals surface area contributed by atoms with Crippen LogP contribution in [0.2, 0.25) is 0 Å². The monoisotopic (exact) mass is 246 g/mol. The van der Waals surface area contributed by atoms with E-state index in [4.69, 9.17) is 0 Å². The van der Waals surface area contributed by atoms with Gasteiger partial charge in [-0.1, -0.05) is 0 Å². The molecule has 1 aliphatic heterocycles. The molecule has 1 aliphatic carbocycles. The van der Waals surface area contributed by atoms with Crippen LogP contribution < -0.4 is 10.6 Å². The summed E-state index contributed by atoms with van der Waals surface area (Å²) in [5.41, 5.74) is 0. The molecule has 2 rings (SSSR count). The summed E-state index contributed by atoms with van der Waals surface area (Å²) in [4.78, 5) is 11.7. The zero-order valence-electron chi connectivity index (χ0n) is 9.84. The van der Waals surface area contributed by atoms with Crippen LogP contribution in [0.15, 0.2) is 0 Å². The van der Waals surface area contributed by atoms with Crippen molar-refractivity contribution < 1.29 is 4.79 Å². The molecule has 3 nitrogen and oxygen atoms in total. The molecule has 1 unspecified atom stereocenters. The van der Waals surface area contributed by atoms with Gasteiger partial charge in [0.25, 0.3) is 0 Å². The molecule has 0 bridgehead atoms. The summed E-state index contributed by atoms with van der Waals surface area (Å²) in [5, 5.41) is 6.51. The van der Waals surface area contributed by atoms with Gasteiger partial charge in [-0.15, -0.1) is 12.4 Å². The smallest absolute Gasteiger partial charge is 0.220 e. The third-order valence-corrected chi connectivity index (χ3v) is 3.64. The molecule has 2 fully saturated rings. The maximum atomic E-state index is 11.7. The maximum Gasteiger partial charge on any atom is 0.220 e. The van der Waals surface area contributed by atoms with Gasteiger partial charge in [-0.2, -0.15) is 0 Å². The zero-order valence-corrected chi connectivity index (χ0v) is 10.7. The minimum Gasteiger partial charge on any atom is -0.353 e. The third-order valence-electron chi connectivity index (χ3n) is 3.64. The van der Waals surface area contributed by atoms with Gasteiger partial charge >= 0.3 is 0 Å². The Labute approximate surface area is 104 Å². The highest BCUT2D eigenvalue weighted by Crippen LogP contribution is 2.20. The summed E-state index contributed by atoms with van der Waals surface area (Å²) in [6, 6.07) is 0.501. The molecular formula is C12H23ClN2O. The third kappa shape index (κ3) is 4.30. The molecule has 1 saturated carbocycles. The maximum absolute atomic E-state index is 11.7. The number of nitrogens with one attached hydrogen (secondary N) is 2. The van der Waals surface area contributed by atoms with Crippen LogP contribution in [0.4, 0.5) is 0 Å². The van der Waals surface area contributed by atoms with E-state index in [1.165, 1.54) is 32.1 Å². The van der Waals surface area contributed by atoms with Crippen LogP contribution in [0.5, 0.6) is 0 Å². The first-order valence-corrected chi connectivity index (χ1v) is 6.34. The zero-order chi connectivity index (χ0) is 10.5. The Kier molecular flexibility index (Phi) is 6.14. The van der Waals surface area contributed by atoms with Crippen LogP contribution in [0.25, 0.3) is 0 Å². The van der Waals surface area contributed by atoms with Crippen molar-refractivity contribution in [2.75, 3.05) is 13.1 Å². The van der Waals surface area contributed by atoms with Gasteiger partial charge in [-0.3, -0.25) is 4.79 Å². The first kappa shape index (κ1) is 13.8. The summed E-state index contributed by atoms with van der Waals surface area (Å²) in [7, 11) is 0. The quantitative estimate of drug-likeness (QED) is 0.798. The van der Waals surface area contributed by atoms with E-state index in [9.17, 15) is 4.79 Å². The molecular weight excluding hydrogens is 224 g/mol. The molecule has 16 heavy (non-hydrogen) atoms. The van der Waals surface area contributed by atoms with E-state index >= 15 is 0 Å². The van der Waals surface area contributed by atoms with Crippen molar-refractivity contribution in [1.29, 1.82) is 0 Å². The second-order valence-corrected chi connectivity index (χ2v) is 4.95. The van der Waals surface area contributed by atoms with E-state index in [1.54, 1.807) is 0 Å². The van der Waals surface area contributed by atoms with Crippen LogP contribution in [-0.2, 0) is 4.79 Å². The van der Waals surface area contributed by atoms with E-state index < -0.39 is 0 Å². The standard InChI is InChI=1S/C12H22N2O.ClH/c15-12(14-11-4-1-5-11)9-10-3-2-7-13-8-6-10;/h10-11,13H,1-9H2,(H,14,15);1H. The predicted octanol–water partition coefficient (Wildman–Crippen LogP) is 1.86. The number of carbonyl (C=O) groups is 1. The Morgan fingerprint density at radius 1 is 1.12 bits per heavy atom. The number of amides is 1. The summed E-state index contributed by atoms with van der Waals surface area (Å²) < 4.78 is 0. The molecule has 0 aromatic rings. The van der Waals surface area contributed by atoms with E-state index in [2.05, 4.69) is 10.6 Å². The molecule has 2 N–H and O–H groups in total. The first-order chi connectivity index (χ1) is 7.34. The summed E-state index contributed by atoms with van der Waals surface area (Å²) in [5.74, 6) is 0.895. The van der Waals surface area contributed by atoms with Crippen molar-refractivity contribution >= 4 is 18.3 Å². The molecule has 94 valence electrons. The summed E-state index contributed by atoms with van der Waals surface area (Å²) >= 11 is 0. The van der Waals surface area contributed by atoms with E-state index in [1.807, 2.05) is 0 Å². The van der Waals surface area contributed by atoms with Crippen molar-refractivity contribution in [3.8, 4) is 0 Å². The predicted molar refractivity (Wildman–Crippen MR) is 67.9 cm³/mol. The fraction of sp³-hybridized carbons (Fsp3) is 0.917. The molecule has 0 radical (unpaired) electrons. The van der Waals surface area contributed by atoms with Gasteiger partial charge in [0, 0.05) is 12.5 Å². The van der Waals surface area contributed by atoms with Crippen LogP contribution in [0.1, 0.15) is 44.9 Å². The van der Waals surface area contributed by atoms with Crippen LogP contribution in [0, 0.1) is 5.92 Å². The van der Waals surface area contributed by atoms with E-state index in [-0.39, 0.29) is 18.3 Å². The fourth-order valence-corrected chi connectivity index (χ4v) is 2.40. The summed E-state index contributed by atoms with van der Waals surface area (Å²) in [6.07, 6.45) is 8.02. The average molecular weight is 247 g/mol. The lowest BCUT2D eigenvalue weighted by Gasteiger charge is -2.27. The normalized spacial score (nSPS) is 26.1. The van der Waals surface area contributed by atoms with Gasteiger partial charge in [-0.25, -0.2) is 0 Å². The van der Waals surface area contributed by atoms with Crippen LogP contribution >= 0.6 is 12.4 Å². The molecule has 4 heteroatoms. The Balaban J connectivity index is 0.00000128. The van der Waals surface area contributed by atoms with Gasteiger partial charge in [0.2, 0.25) is 5.91 Å². The molecule has 0 spiro atoms. The lowest BCUT2D eigenvalue weighted by atomic mass is 9.92. The van der Waals surface area contributed by atoms with Crippen LogP contribution in [-0.4, -0.2) is 25.0 Å². The lowest BCUT2D eigenvalue weighted by molar-refractivity contribution is -0.123. The lowest BCUT2D eigenvalue weighted by Crippen LogP contribution is -2.40. The highest BCUT2D eigenvalue weighted by Gasteiger charge is 2.21. The molecule has 1 amide bonds. The number of carbonyl (C=O) groups excluding carboxylic acids is 1. The minimum absolute atomic E-state index is 0. The Morgan fingerprint density at radius 2 is 1.94 bits per heavy atom. The van der Waals surface area contributed by atoms with Gasteiger partial charge < -0.3 is 10.6 Å². The van der Waals surface area contributed by atoms with Crippen LogP contribution in [0.3, 0.4) is 0 Å².